The van der Waals surface area contributed by atoms with E-state index in [1.165, 1.54) is 75.2 Å². The lowest BCUT2D eigenvalue weighted by atomic mass is 9.90. The van der Waals surface area contributed by atoms with Crippen LogP contribution in [0.25, 0.3) is 0 Å². The summed E-state index contributed by atoms with van der Waals surface area (Å²) in [5.41, 5.74) is 7.27. The van der Waals surface area contributed by atoms with Crippen LogP contribution in [0.5, 0.6) is 0 Å². The molecule has 0 aromatic heterocycles. The van der Waals surface area contributed by atoms with Gasteiger partial charge in [0.2, 0.25) is 0 Å². The van der Waals surface area contributed by atoms with E-state index in [-0.39, 0.29) is 14.9 Å². The van der Waals surface area contributed by atoms with E-state index in [4.69, 9.17) is 0 Å². The first-order chi connectivity index (χ1) is 19.7. The minimum atomic E-state index is 0. The molecule has 2 saturated heterocycles. The summed E-state index contributed by atoms with van der Waals surface area (Å²) in [6.45, 7) is 31.6. The highest BCUT2D eigenvalue weighted by atomic mass is 15.2. The third-order valence-electron chi connectivity index (χ3n) is 9.12. The van der Waals surface area contributed by atoms with Crippen molar-refractivity contribution in [1.29, 1.82) is 0 Å². The Morgan fingerprint density at radius 2 is 1.11 bits per heavy atom. The van der Waals surface area contributed by atoms with Gasteiger partial charge in [0.1, 0.15) is 0 Å². The number of benzene rings is 2. The molecule has 4 heterocycles. The molecule has 4 heteroatoms. The van der Waals surface area contributed by atoms with Crippen molar-refractivity contribution in [3.63, 3.8) is 0 Å². The van der Waals surface area contributed by atoms with Gasteiger partial charge in [-0.2, -0.15) is 0 Å². The smallest absolute Gasteiger partial charge is 0.0240 e. The Bertz CT molecular complexity index is 1090. The van der Waals surface area contributed by atoms with Gasteiger partial charge in [0, 0.05) is 63.9 Å². The van der Waals surface area contributed by atoms with Gasteiger partial charge in [-0.05, 0) is 85.6 Å². The van der Waals surface area contributed by atoms with Gasteiger partial charge in [-0.3, -0.25) is 14.7 Å². The Morgan fingerprint density at radius 1 is 0.636 bits per heavy atom. The standard InChI is InChI=1S/C14H21N.C13H19N.C11H22N2.2CH4/c1-14(2,3)11-15-9-8-12-6-4-5-7-13(12)10-15;1-13(2,3)10-14-8-11-6-4-5-7-12(11)9-14;1-11(2,3)13-7-5-10-9(8-13)4-6-12-10;;/h4-7H,8-11H2,1-3H3;4-7H,8-10H2,1-3H3;9-10,12H,4-8H2,1-3H3;2*1H4. The van der Waals surface area contributed by atoms with Crippen LogP contribution >= 0.6 is 0 Å². The molecule has 250 valence electrons. The highest BCUT2D eigenvalue weighted by molar-refractivity contribution is 5.30. The number of hydrogen-bond donors (Lipinski definition) is 1. The largest absolute Gasteiger partial charge is 0.314 e. The molecule has 0 saturated carbocycles. The average Bonchev–Trinajstić information content (AvgIpc) is 3.52. The highest BCUT2D eigenvalue weighted by Gasteiger charge is 2.36. The number of fused-ring (bicyclic) bond motifs is 3. The molecule has 4 nitrogen and oxygen atoms in total. The average molecular weight is 607 g/mol. The first-order valence-electron chi connectivity index (χ1n) is 16.7. The van der Waals surface area contributed by atoms with Crippen molar-refractivity contribution in [2.24, 2.45) is 16.7 Å². The molecular formula is C40H70N4. The molecule has 2 aromatic carbocycles. The molecular weight excluding hydrogens is 536 g/mol. The minimum Gasteiger partial charge on any atom is -0.314 e. The normalized spacial score (nSPS) is 22.1. The van der Waals surface area contributed by atoms with Gasteiger partial charge in [0.05, 0.1) is 0 Å². The van der Waals surface area contributed by atoms with Gasteiger partial charge in [-0.1, -0.05) is 105 Å². The molecule has 2 fully saturated rings. The summed E-state index contributed by atoms with van der Waals surface area (Å²) >= 11 is 0. The molecule has 0 amide bonds. The van der Waals surface area contributed by atoms with Crippen LogP contribution in [0, 0.1) is 16.7 Å². The van der Waals surface area contributed by atoms with E-state index in [1.807, 2.05) is 0 Å². The second-order valence-electron chi connectivity index (χ2n) is 16.8. The van der Waals surface area contributed by atoms with Crippen LogP contribution in [-0.4, -0.2) is 65.5 Å². The van der Waals surface area contributed by atoms with Gasteiger partial charge in [-0.25, -0.2) is 0 Å². The quantitative estimate of drug-likeness (QED) is 0.369. The minimum absolute atomic E-state index is 0. The molecule has 44 heavy (non-hydrogen) atoms. The Kier molecular flexibility index (Phi) is 14.2. The predicted octanol–water partition coefficient (Wildman–Crippen LogP) is 8.88. The fourth-order valence-electron chi connectivity index (χ4n) is 7.20. The zero-order chi connectivity index (χ0) is 30.5. The topological polar surface area (TPSA) is 21.8 Å². The van der Waals surface area contributed by atoms with Gasteiger partial charge in [0.25, 0.3) is 0 Å². The molecule has 2 atom stereocenters. The third kappa shape index (κ3) is 11.9. The van der Waals surface area contributed by atoms with E-state index in [0.29, 0.717) is 16.4 Å². The summed E-state index contributed by atoms with van der Waals surface area (Å²) in [5.74, 6) is 0.924. The lowest BCUT2D eigenvalue weighted by Gasteiger charge is -2.42. The monoisotopic (exact) mass is 607 g/mol. The van der Waals surface area contributed by atoms with Crippen LogP contribution in [0.3, 0.4) is 0 Å². The third-order valence-corrected chi connectivity index (χ3v) is 9.12. The van der Waals surface area contributed by atoms with E-state index in [0.717, 1.165) is 31.6 Å². The first kappa shape index (κ1) is 38.5. The molecule has 4 aliphatic rings. The lowest BCUT2D eigenvalue weighted by molar-refractivity contribution is 0.0731. The highest BCUT2D eigenvalue weighted by Crippen LogP contribution is 2.29. The molecule has 0 aliphatic carbocycles. The second-order valence-corrected chi connectivity index (χ2v) is 16.8. The summed E-state index contributed by atoms with van der Waals surface area (Å²) < 4.78 is 0. The zero-order valence-electron chi connectivity index (χ0n) is 28.6. The Morgan fingerprint density at radius 3 is 1.64 bits per heavy atom. The molecule has 1 N–H and O–H groups in total. The number of rotatable bonds is 2. The van der Waals surface area contributed by atoms with Crippen LogP contribution in [0.15, 0.2) is 48.5 Å². The molecule has 4 aliphatic heterocycles. The van der Waals surface area contributed by atoms with Gasteiger partial charge < -0.3 is 5.32 Å². The first-order valence-corrected chi connectivity index (χ1v) is 16.7. The summed E-state index contributed by atoms with van der Waals surface area (Å²) in [7, 11) is 0. The van der Waals surface area contributed by atoms with Gasteiger partial charge in [0.15, 0.2) is 0 Å². The van der Waals surface area contributed by atoms with E-state index in [9.17, 15) is 0 Å². The Hall–Kier alpha value is -1.72. The molecule has 6 rings (SSSR count). The lowest BCUT2D eigenvalue weighted by Crippen LogP contribution is -2.51. The van der Waals surface area contributed by atoms with Crippen molar-refractivity contribution in [3.05, 3.63) is 70.8 Å². The van der Waals surface area contributed by atoms with Crippen molar-refractivity contribution in [2.45, 2.75) is 128 Å². The molecule has 2 aromatic rings. The maximum atomic E-state index is 3.60. The van der Waals surface area contributed by atoms with E-state index < -0.39 is 0 Å². The number of piperidine rings is 1. The predicted molar refractivity (Wildman–Crippen MR) is 194 cm³/mol. The summed E-state index contributed by atoms with van der Waals surface area (Å²) in [6, 6.07) is 18.4. The van der Waals surface area contributed by atoms with E-state index >= 15 is 0 Å². The zero-order valence-corrected chi connectivity index (χ0v) is 28.6. The second kappa shape index (κ2) is 16.2. The summed E-state index contributed by atoms with van der Waals surface area (Å²) in [4.78, 5) is 7.74. The van der Waals surface area contributed by atoms with Crippen molar-refractivity contribution in [3.8, 4) is 0 Å². The van der Waals surface area contributed by atoms with Crippen molar-refractivity contribution in [1.82, 2.24) is 20.0 Å². The SMILES string of the molecule is C.C.CC(C)(C)CN1CCc2ccccc2C1.CC(C)(C)CN1Cc2ccccc2C1.CC(C)(C)N1CCC2NCCC2C1. The number of nitrogens with one attached hydrogen (secondary N) is 1. The molecule has 2 unspecified atom stereocenters. The fraction of sp³-hybridized carbons (Fsp3) is 0.700. The van der Waals surface area contributed by atoms with Crippen LogP contribution in [0.2, 0.25) is 0 Å². The molecule has 0 radical (unpaired) electrons. The molecule has 0 bridgehead atoms. The van der Waals surface area contributed by atoms with Crippen LogP contribution in [0.1, 0.15) is 112 Å². The van der Waals surface area contributed by atoms with Gasteiger partial charge in [-0.15, -0.1) is 0 Å². The number of nitrogens with zero attached hydrogens (tertiary/aromatic N) is 3. The van der Waals surface area contributed by atoms with Crippen LogP contribution < -0.4 is 5.32 Å². The number of hydrogen-bond acceptors (Lipinski definition) is 4. The summed E-state index contributed by atoms with van der Waals surface area (Å²) in [5, 5.41) is 3.60. The maximum Gasteiger partial charge on any atom is 0.0240 e. The van der Waals surface area contributed by atoms with Crippen molar-refractivity contribution < 1.29 is 0 Å². The Labute approximate surface area is 274 Å². The number of likely N-dealkylation sites (tertiary alicyclic amines) is 1. The van der Waals surface area contributed by atoms with E-state index in [2.05, 4.69) is 131 Å². The van der Waals surface area contributed by atoms with Crippen LogP contribution in [0.4, 0.5) is 0 Å². The maximum absolute atomic E-state index is 3.60. The molecule has 0 spiro atoms. The fourth-order valence-corrected chi connectivity index (χ4v) is 7.20. The summed E-state index contributed by atoms with van der Waals surface area (Å²) in [6.07, 6.45) is 3.95. The van der Waals surface area contributed by atoms with Crippen molar-refractivity contribution >= 4 is 0 Å². The van der Waals surface area contributed by atoms with Gasteiger partial charge >= 0.3 is 0 Å². The van der Waals surface area contributed by atoms with E-state index in [1.54, 1.807) is 5.56 Å². The van der Waals surface area contributed by atoms with Crippen molar-refractivity contribution in [2.75, 3.05) is 39.3 Å². The van der Waals surface area contributed by atoms with Crippen LogP contribution in [-0.2, 0) is 26.1 Å². The Balaban J connectivity index is 0.000000226.